The molecule has 0 radical (unpaired) electrons. The number of esters is 1. The summed E-state index contributed by atoms with van der Waals surface area (Å²) in [6.45, 7) is 3.96. The van der Waals surface area contributed by atoms with Gasteiger partial charge in [0.05, 0.1) is 7.11 Å². The van der Waals surface area contributed by atoms with Crippen molar-refractivity contribution in [3.63, 3.8) is 0 Å². The average molecular weight is 317 g/mol. The molecule has 0 amide bonds. The van der Waals surface area contributed by atoms with Gasteiger partial charge in [-0.15, -0.1) is 0 Å². The van der Waals surface area contributed by atoms with Gasteiger partial charge in [0.25, 0.3) is 0 Å². The van der Waals surface area contributed by atoms with Crippen molar-refractivity contribution >= 4 is 27.7 Å². The van der Waals surface area contributed by atoms with E-state index in [0.29, 0.717) is 5.33 Å². The first-order valence-corrected chi connectivity index (χ1v) is 7.08. The number of rotatable bonds is 2. The second-order valence-corrected chi connectivity index (χ2v) is 6.12. The lowest BCUT2D eigenvalue weighted by molar-refractivity contribution is -0.139. The van der Waals surface area contributed by atoms with Gasteiger partial charge in [-0.2, -0.15) is 0 Å². The van der Waals surface area contributed by atoms with E-state index in [1.807, 2.05) is 13.8 Å². The molecule has 0 aromatic heterocycles. The minimum Gasteiger partial charge on any atom is -0.502 e. The van der Waals surface area contributed by atoms with Crippen molar-refractivity contribution in [2.45, 2.75) is 26.7 Å². The molecule has 0 saturated heterocycles. The molecule has 3 atom stereocenters. The van der Waals surface area contributed by atoms with Crippen molar-refractivity contribution in [2.24, 2.45) is 16.7 Å². The Balaban J connectivity index is 2.57. The third-order valence-corrected chi connectivity index (χ3v) is 6.13. The van der Waals surface area contributed by atoms with Crippen molar-refractivity contribution in [1.29, 1.82) is 0 Å². The maximum atomic E-state index is 12.5. The molecule has 0 spiro atoms. The quantitative estimate of drug-likeness (QED) is 0.368. The van der Waals surface area contributed by atoms with Crippen LogP contribution in [0.4, 0.5) is 0 Å². The highest BCUT2D eigenvalue weighted by atomic mass is 79.9. The molecule has 0 unspecified atom stereocenters. The minimum absolute atomic E-state index is 0.0755. The van der Waals surface area contributed by atoms with Crippen LogP contribution in [0.2, 0.25) is 0 Å². The van der Waals surface area contributed by atoms with Gasteiger partial charge in [0.1, 0.15) is 0 Å². The van der Waals surface area contributed by atoms with Gasteiger partial charge in [-0.1, -0.05) is 29.8 Å². The van der Waals surface area contributed by atoms with Crippen molar-refractivity contribution in [3.8, 4) is 0 Å². The Morgan fingerprint density at radius 2 is 2.17 bits per heavy atom. The predicted octanol–water partition coefficient (Wildman–Crippen LogP) is 2.37. The molecule has 5 heteroatoms. The topological polar surface area (TPSA) is 63.6 Å². The lowest BCUT2D eigenvalue weighted by Crippen LogP contribution is -2.36. The molecular formula is C13H17BrO4. The molecule has 2 aliphatic rings. The number of fused-ring (bicyclic) bond motifs is 2. The molecule has 1 N–H and O–H groups in total. The fourth-order valence-electron chi connectivity index (χ4n) is 3.43. The molecule has 0 aromatic carbocycles. The first-order chi connectivity index (χ1) is 8.33. The predicted molar refractivity (Wildman–Crippen MR) is 69.4 cm³/mol. The summed E-state index contributed by atoms with van der Waals surface area (Å²) < 4.78 is 4.50. The molecular weight excluding hydrogens is 300 g/mol. The van der Waals surface area contributed by atoms with Crippen molar-refractivity contribution in [3.05, 3.63) is 11.3 Å². The van der Waals surface area contributed by atoms with Crippen molar-refractivity contribution < 1.29 is 19.4 Å². The number of alkyl halides is 1. The fourth-order valence-corrected chi connectivity index (χ4v) is 4.44. The number of ketones is 1. The Labute approximate surface area is 115 Å². The maximum absolute atomic E-state index is 12.5. The second-order valence-electron chi connectivity index (χ2n) is 5.56. The van der Waals surface area contributed by atoms with E-state index in [1.54, 1.807) is 0 Å². The second kappa shape index (κ2) is 4.08. The van der Waals surface area contributed by atoms with E-state index >= 15 is 0 Å². The molecule has 4 nitrogen and oxygen atoms in total. The van der Waals surface area contributed by atoms with E-state index in [4.69, 9.17) is 0 Å². The van der Waals surface area contributed by atoms with Crippen LogP contribution in [0.3, 0.4) is 0 Å². The number of hydrogen-bond acceptors (Lipinski definition) is 4. The third kappa shape index (κ3) is 1.37. The summed E-state index contributed by atoms with van der Waals surface area (Å²) in [7, 11) is 1.20. The van der Waals surface area contributed by atoms with Gasteiger partial charge in [0.15, 0.2) is 5.78 Å². The molecule has 2 fully saturated rings. The number of allylic oxidation sites excluding steroid dienone is 1. The zero-order valence-corrected chi connectivity index (χ0v) is 12.3. The molecule has 0 aliphatic heterocycles. The van der Waals surface area contributed by atoms with E-state index in [1.165, 1.54) is 7.11 Å². The molecule has 2 saturated carbocycles. The summed E-state index contributed by atoms with van der Waals surface area (Å²) in [5, 5.41) is 10.6. The Hall–Kier alpha value is -0.840. The molecule has 2 aliphatic carbocycles. The smallest absolute Gasteiger partial charge is 0.373 e. The molecule has 0 heterocycles. The normalized spacial score (nSPS) is 41.1. The number of halogens is 1. The summed E-state index contributed by atoms with van der Waals surface area (Å²) in [6.07, 6.45) is 1.62. The average Bonchev–Trinajstić information content (AvgIpc) is 2.71. The Morgan fingerprint density at radius 1 is 1.56 bits per heavy atom. The number of Topliss-reactive ketones (excluding diaryl/α,β-unsaturated/α-hetero) is 1. The first kappa shape index (κ1) is 13.6. The summed E-state index contributed by atoms with van der Waals surface area (Å²) in [6, 6.07) is 0. The molecule has 0 aromatic rings. The number of methoxy groups -OCH3 is 1. The summed E-state index contributed by atoms with van der Waals surface area (Å²) in [5.41, 5.74) is -0.488. The summed E-state index contributed by atoms with van der Waals surface area (Å²) in [4.78, 5) is 23.9. The monoisotopic (exact) mass is 316 g/mol. The SMILES string of the molecule is COC(=O)/C(O)=C1\C(=O)[C@]2(C)CC[C@@H]1[C@@]2(C)CBr. The first-order valence-electron chi connectivity index (χ1n) is 5.95. The van der Waals surface area contributed by atoms with Gasteiger partial charge in [-0.25, -0.2) is 4.79 Å². The Kier molecular flexibility index (Phi) is 3.08. The molecule has 18 heavy (non-hydrogen) atoms. The molecule has 2 bridgehead atoms. The summed E-state index contributed by atoms with van der Waals surface area (Å²) >= 11 is 3.47. The standard InChI is InChI=1S/C13H17BrO4/c1-12-5-4-7(13(12,2)6-14)8(10(12)16)9(15)11(17)18-3/h7,15H,4-6H2,1-3H3/b9-8+/t7-,12-,13+/m0/s1. The van der Waals surface area contributed by atoms with Crippen LogP contribution in [0.25, 0.3) is 0 Å². The lowest BCUT2D eigenvalue weighted by Gasteiger charge is -2.34. The lowest BCUT2D eigenvalue weighted by atomic mass is 9.70. The third-order valence-electron chi connectivity index (χ3n) is 4.97. The van der Waals surface area contributed by atoms with Gasteiger partial charge in [-0.05, 0) is 24.2 Å². The van der Waals surface area contributed by atoms with Crippen LogP contribution in [-0.2, 0) is 14.3 Å². The van der Waals surface area contributed by atoms with Crippen LogP contribution in [0.5, 0.6) is 0 Å². The van der Waals surface area contributed by atoms with E-state index < -0.39 is 17.1 Å². The number of hydrogen-bond donors (Lipinski definition) is 1. The van der Waals surface area contributed by atoms with Crippen LogP contribution < -0.4 is 0 Å². The van der Waals surface area contributed by atoms with E-state index in [9.17, 15) is 14.7 Å². The fraction of sp³-hybridized carbons (Fsp3) is 0.692. The number of carbonyl (C=O) groups excluding carboxylic acids is 2. The Bertz CT molecular complexity index is 456. The Morgan fingerprint density at radius 3 is 2.61 bits per heavy atom. The zero-order valence-electron chi connectivity index (χ0n) is 10.7. The van der Waals surface area contributed by atoms with Crippen LogP contribution in [0.15, 0.2) is 11.3 Å². The van der Waals surface area contributed by atoms with Crippen LogP contribution in [0.1, 0.15) is 26.7 Å². The largest absolute Gasteiger partial charge is 0.502 e. The number of ether oxygens (including phenoxy) is 1. The maximum Gasteiger partial charge on any atom is 0.373 e. The number of aliphatic hydroxyl groups is 1. The molecule has 100 valence electrons. The van der Waals surface area contributed by atoms with E-state index in [-0.39, 0.29) is 22.7 Å². The highest BCUT2D eigenvalue weighted by Gasteiger charge is 2.67. The minimum atomic E-state index is -0.827. The van der Waals surface area contributed by atoms with Gasteiger partial charge in [-0.3, -0.25) is 4.79 Å². The van der Waals surface area contributed by atoms with Crippen LogP contribution >= 0.6 is 15.9 Å². The van der Waals surface area contributed by atoms with Gasteiger partial charge in [0, 0.05) is 16.3 Å². The highest BCUT2D eigenvalue weighted by Crippen LogP contribution is 2.66. The van der Waals surface area contributed by atoms with Gasteiger partial charge >= 0.3 is 5.97 Å². The highest BCUT2D eigenvalue weighted by molar-refractivity contribution is 9.09. The van der Waals surface area contributed by atoms with Gasteiger partial charge in [0.2, 0.25) is 5.76 Å². The van der Waals surface area contributed by atoms with Crippen molar-refractivity contribution in [1.82, 2.24) is 0 Å². The van der Waals surface area contributed by atoms with Crippen LogP contribution in [0, 0.1) is 16.7 Å². The van der Waals surface area contributed by atoms with E-state index in [2.05, 4.69) is 20.7 Å². The van der Waals surface area contributed by atoms with E-state index in [0.717, 1.165) is 12.8 Å². The van der Waals surface area contributed by atoms with Gasteiger partial charge < -0.3 is 9.84 Å². The molecule has 2 rings (SSSR count). The van der Waals surface area contributed by atoms with Crippen molar-refractivity contribution in [2.75, 3.05) is 12.4 Å². The number of carbonyl (C=O) groups is 2. The van der Waals surface area contributed by atoms with Crippen LogP contribution in [-0.4, -0.2) is 29.3 Å². The number of aliphatic hydroxyl groups excluding tert-OH is 1. The zero-order chi connectivity index (χ0) is 13.7. The summed E-state index contributed by atoms with van der Waals surface area (Å²) in [5.74, 6) is -1.52.